The molecule has 0 aliphatic carbocycles. The van der Waals surface area contributed by atoms with Crippen LogP contribution in [0.25, 0.3) is 0 Å². The molecule has 90 valence electrons. The monoisotopic (exact) mass is 237 g/mol. The number of amides is 2. The zero-order valence-electron chi connectivity index (χ0n) is 9.00. The van der Waals surface area contributed by atoms with Crippen molar-refractivity contribution < 1.29 is 14.0 Å². The van der Waals surface area contributed by atoms with Gasteiger partial charge in [0.25, 0.3) is 0 Å². The number of hydrogen-bond acceptors (Lipinski definition) is 3. The molecule has 0 spiro atoms. The summed E-state index contributed by atoms with van der Waals surface area (Å²) in [5.41, 5.74) is 6.14. The molecule has 1 unspecified atom stereocenters. The van der Waals surface area contributed by atoms with E-state index < -0.39 is 17.8 Å². The van der Waals surface area contributed by atoms with E-state index >= 15 is 0 Å². The summed E-state index contributed by atoms with van der Waals surface area (Å²) < 4.78 is 12.9. The molecule has 2 amide bonds. The minimum Gasteiger partial charge on any atom is -0.370 e. The van der Waals surface area contributed by atoms with Crippen LogP contribution in [0.3, 0.4) is 0 Å². The highest BCUT2D eigenvalue weighted by molar-refractivity contribution is 6.02. The Balaban J connectivity index is 2.09. The van der Waals surface area contributed by atoms with Crippen molar-refractivity contribution in [2.45, 2.75) is 12.5 Å². The maximum absolute atomic E-state index is 12.9. The Morgan fingerprint density at radius 1 is 1.53 bits per heavy atom. The van der Waals surface area contributed by atoms with Crippen molar-refractivity contribution in [2.24, 2.45) is 5.73 Å². The first-order valence-corrected chi connectivity index (χ1v) is 5.20. The molecule has 0 fully saturated rings. The van der Waals surface area contributed by atoms with Crippen molar-refractivity contribution in [1.82, 2.24) is 5.32 Å². The number of nitrogens with two attached hydrogens (primary N) is 1. The standard InChI is InChI=1S/C11H12FN3O2/c12-6-1-2-7-8(5-6)15-11(17)10(7)14-4-3-9(13)16/h1-2,5,10,14H,3-4H2,(H2,13,16)(H,15,17). The second-order valence-corrected chi connectivity index (χ2v) is 3.82. The molecule has 0 aromatic heterocycles. The number of carbonyl (C=O) groups excluding carboxylic acids is 2. The summed E-state index contributed by atoms with van der Waals surface area (Å²) in [5, 5.41) is 5.47. The topological polar surface area (TPSA) is 84.2 Å². The maximum atomic E-state index is 12.9. The Morgan fingerprint density at radius 2 is 2.29 bits per heavy atom. The van der Waals surface area contributed by atoms with Gasteiger partial charge in [-0.3, -0.25) is 9.59 Å². The molecule has 1 aliphatic rings. The average Bonchev–Trinajstić information content (AvgIpc) is 2.54. The van der Waals surface area contributed by atoms with E-state index in [4.69, 9.17) is 5.73 Å². The molecule has 4 N–H and O–H groups in total. The van der Waals surface area contributed by atoms with Crippen molar-refractivity contribution in [2.75, 3.05) is 11.9 Å². The first kappa shape index (κ1) is 11.5. The fraction of sp³-hybridized carbons (Fsp3) is 0.273. The Hall–Kier alpha value is -1.95. The molecule has 0 radical (unpaired) electrons. The number of halogens is 1. The van der Waals surface area contributed by atoms with Crippen molar-refractivity contribution in [3.63, 3.8) is 0 Å². The quantitative estimate of drug-likeness (QED) is 0.703. The van der Waals surface area contributed by atoms with Crippen LogP contribution in [0.1, 0.15) is 18.0 Å². The molecule has 5 nitrogen and oxygen atoms in total. The van der Waals surface area contributed by atoms with Crippen LogP contribution in [0.2, 0.25) is 0 Å². The molecule has 1 heterocycles. The minimum absolute atomic E-state index is 0.153. The summed E-state index contributed by atoms with van der Waals surface area (Å²) in [6, 6.07) is 3.56. The summed E-state index contributed by atoms with van der Waals surface area (Å²) >= 11 is 0. The molecule has 1 aromatic carbocycles. The Kier molecular flexibility index (Phi) is 3.06. The molecule has 0 bridgehead atoms. The van der Waals surface area contributed by atoms with E-state index in [0.29, 0.717) is 17.8 Å². The third-order valence-corrected chi connectivity index (χ3v) is 2.57. The smallest absolute Gasteiger partial charge is 0.246 e. The first-order valence-electron chi connectivity index (χ1n) is 5.20. The number of primary amides is 1. The third kappa shape index (κ3) is 2.42. The lowest BCUT2D eigenvalue weighted by molar-refractivity contribution is -0.119. The van der Waals surface area contributed by atoms with Crippen LogP contribution >= 0.6 is 0 Å². The molecule has 1 atom stereocenters. The van der Waals surface area contributed by atoms with Gasteiger partial charge in [0, 0.05) is 24.2 Å². The van der Waals surface area contributed by atoms with E-state index in [1.165, 1.54) is 12.1 Å². The van der Waals surface area contributed by atoms with Crippen LogP contribution < -0.4 is 16.4 Å². The number of hydrogen-bond donors (Lipinski definition) is 3. The van der Waals surface area contributed by atoms with E-state index in [1.807, 2.05) is 0 Å². The van der Waals surface area contributed by atoms with Crippen LogP contribution in [0.5, 0.6) is 0 Å². The number of anilines is 1. The molecule has 17 heavy (non-hydrogen) atoms. The van der Waals surface area contributed by atoms with E-state index in [-0.39, 0.29) is 12.3 Å². The number of benzene rings is 1. The van der Waals surface area contributed by atoms with E-state index in [0.717, 1.165) is 0 Å². The SMILES string of the molecule is NC(=O)CCNC1C(=O)Nc2cc(F)ccc21. The van der Waals surface area contributed by atoms with Gasteiger partial charge < -0.3 is 16.4 Å². The lowest BCUT2D eigenvalue weighted by Crippen LogP contribution is -2.30. The first-order chi connectivity index (χ1) is 8.08. The second kappa shape index (κ2) is 4.50. The highest BCUT2D eigenvalue weighted by atomic mass is 19.1. The van der Waals surface area contributed by atoms with Crippen molar-refractivity contribution in [3.05, 3.63) is 29.6 Å². The summed E-state index contributed by atoms with van der Waals surface area (Å²) in [6.07, 6.45) is 0.153. The molecule has 2 rings (SSSR count). The predicted octanol–water partition coefficient (Wildman–Crippen LogP) is 0.284. The number of nitrogens with one attached hydrogen (secondary N) is 2. The van der Waals surface area contributed by atoms with Crippen molar-refractivity contribution in [1.29, 1.82) is 0 Å². The number of rotatable bonds is 4. The van der Waals surface area contributed by atoms with Gasteiger partial charge in [0.15, 0.2) is 0 Å². The van der Waals surface area contributed by atoms with Gasteiger partial charge in [-0.2, -0.15) is 0 Å². The van der Waals surface area contributed by atoms with Gasteiger partial charge in [0.2, 0.25) is 11.8 Å². The molecular weight excluding hydrogens is 225 g/mol. The van der Waals surface area contributed by atoms with Gasteiger partial charge >= 0.3 is 0 Å². The molecule has 1 aliphatic heterocycles. The summed E-state index contributed by atoms with van der Waals surface area (Å²) in [6.45, 7) is 0.310. The largest absolute Gasteiger partial charge is 0.370 e. The molecule has 0 saturated carbocycles. The number of fused-ring (bicyclic) bond motifs is 1. The summed E-state index contributed by atoms with van der Waals surface area (Å²) in [5.74, 6) is -1.09. The molecule has 6 heteroatoms. The summed E-state index contributed by atoms with van der Waals surface area (Å²) in [7, 11) is 0. The van der Waals surface area contributed by atoms with E-state index in [9.17, 15) is 14.0 Å². The maximum Gasteiger partial charge on any atom is 0.246 e. The van der Waals surface area contributed by atoms with Crippen molar-refractivity contribution in [3.8, 4) is 0 Å². The zero-order chi connectivity index (χ0) is 12.4. The highest BCUT2D eigenvalue weighted by Crippen LogP contribution is 2.30. The average molecular weight is 237 g/mol. The predicted molar refractivity (Wildman–Crippen MR) is 59.6 cm³/mol. The van der Waals surface area contributed by atoms with Crippen LogP contribution in [-0.2, 0) is 9.59 Å². The van der Waals surface area contributed by atoms with Crippen LogP contribution in [0.4, 0.5) is 10.1 Å². The molecule has 1 aromatic rings. The van der Waals surface area contributed by atoms with Gasteiger partial charge in [-0.1, -0.05) is 6.07 Å². The Bertz CT molecular complexity index is 476. The Labute approximate surface area is 97.2 Å². The lowest BCUT2D eigenvalue weighted by atomic mass is 10.1. The van der Waals surface area contributed by atoms with Gasteiger partial charge in [0.05, 0.1) is 0 Å². The minimum atomic E-state index is -0.551. The van der Waals surface area contributed by atoms with Crippen LogP contribution in [-0.4, -0.2) is 18.4 Å². The zero-order valence-corrected chi connectivity index (χ0v) is 9.00. The fourth-order valence-corrected chi connectivity index (χ4v) is 1.78. The normalized spacial score (nSPS) is 17.7. The lowest BCUT2D eigenvalue weighted by Gasteiger charge is -2.10. The van der Waals surface area contributed by atoms with Crippen LogP contribution in [0, 0.1) is 5.82 Å². The van der Waals surface area contributed by atoms with Crippen molar-refractivity contribution >= 4 is 17.5 Å². The van der Waals surface area contributed by atoms with Gasteiger partial charge in [-0.05, 0) is 12.1 Å². The fourth-order valence-electron chi connectivity index (χ4n) is 1.78. The highest BCUT2D eigenvalue weighted by Gasteiger charge is 2.30. The molecule has 0 saturated heterocycles. The third-order valence-electron chi connectivity index (χ3n) is 2.57. The van der Waals surface area contributed by atoms with Gasteiger partial charge in [-0.15, -0.1) is 0 Å². The van der Waals surface area contributed by atoms with Gasteiger partial charge in [0.1, 0.15) is 11.9 Å². The second-order valence-electron chi connectivity index (χ2n) is 3.82. The van der Waals surface area contributed by atoms with Gasteiger partial charge in [-0.25, -0.2) is 4.39 Å². The Morgan fingerprint density at radius 3 is 3.00 bits per heavy atom. The summed E-state index contributed by atoms with van der Waals surface area (Å²) in [4.78, 5) is 22.2. The van der Waals surface area contributed by atoms with E-state index in [1.54, 1.807) is 6.07 Å². The number of carbonyl (C=O) groups is 2. The van der Waals surface area contributed by atoms with E-state index in [2.05, 4.69) is 10.6 Å². The van der Waals surface area contributed by atoms with Crippen LogP contribution in [0.15, 0.2) is 18.2 Å². The molecular formula is C11H12FN3O2.